The predicted octanol–water partition coefficient (Wildman–Crippen LogP) is 0.483. The van der Waals surface area contributed by atoms with Crippen molar-refractivity contribution in [3.8, 4) is 0 Å². The summed E-state index contributed by atoms with van der Waals surface area (Å²) in [6.45, 7) is 4.42. The average Bonchev–Trinajstić information content (AvgIpc) is 2.62. The minimum absolute atomic E-state index is 0.0249. The van der Waals surface area contributed by atoms with E-state index in [4.69, 9.17) is 9.84 Å². The third-order valence-electron chi connectivity index (χ3n) is 3.47. The molecule has 1 amide bonds. The molecule has 0 fully saturated rings. The van der Waals surface area contributed by atoms with Crippen molar-refractivity contribution < 1.29 is 14.6 Å². The highest BCUT2D eigenvalue weighted by molar-refractivity contribution is 5.76. The van der Waals surface area contributed by atoms with Gasteiger partial charge in [-0.2, -0.15) is 5.10 Å². The van der Waals surface area contributed by atoms with E-state index < -0.39 is 0 Å². The first kappa shape index (κ1) is 16.7. The molecule has 0 radical (unpaired) electrons. The highest BCUT2D eigenvalue weighted by Crippen LogP contribution is 2.14. The number of hydrogen-bond acceptors (Lipinski definition) is 4. The van der Waals surface area contributed by atoms with Gasteiger partial charge in [0, 0.05) is 32.9 Å². The van der Waals surface area contributed by atoms with Crippen LogP contribution in [0.3, 0.4) is 0 Å². The van der Waals surface area contributed by atoms with Crippen LogP contribution >= 0.6 is 0 Å². The van der Waals surface area contributed by atoms with Crippen molar-refractivity contribution >= 4 is 5.91 Å². The molecular weight excluding hydrogens is 258 g/mol. The van der Waals surface area contributed by atoms with Crippen molar-refractivity contribution in [2.24, 2.45) is 7.05 Å². The number of hydrogen-bond donors (Lipinski definition) is 2. The van der Waals surface area contributed by atoms with E-state index in [0.29, 0.717) is 25.9 Å². The summed E-state index contributed by atoms with van der Waals surface area (Å²) >= 11 is 0. The van der Waals surface area contributed by atoms with Crippen molar-refractivity contribution in [2.75, 3.05) is 20.3 Å². The van der Waals surface area contributed by atoms with Gasteiger partial charge >= 0.3 is 0 Å². The van der Waals surface area contributed by atoms with Crippen molar-refractivity contribution in [3.63, 3.8) is 0 Å². The van der Waals surface area contributed by atoms with Gasteiger partial charge in [0.1, 0.15) is 0 Å². The molecule has 1 unspecified atom stereocenters. The standard InChI is InChI=1S/C14H25N3O3/c1-10-13(11(2)17(3)16-10)5-6-14(19)15-12(7-8-18)9-20-4/h12,18H,5-9H2,1-4H3,(H,15,19). The van der Waals surface area contributed by atoms with Crippen LogP contribution in [0.5, 0.6) is 0 Å². The molecule has 1 rings (SSSR count). The van der Waals surface area contributed by atoms with Gasteiger partial charge in [-0.05, 0) is 32.3 Å². The Labute approximate surface area is 120 Å². The molecule has 0 bridgehead atoms. The van der Waals surface area contributed by atoms with Gasteiger partial charge in [0.15, 0.2) is 0 Å². The van der Waals surface area contributed by atoms with Gasteiger partial charge in [0.25, 0.3) is 0 Å². The van der Waals surface area contributed by atoms with Gasteiger partial charge in [-0.1, -0.05) is 0 Å². The van der Waals surface area contributed by atoms with Crippen LogP contribution in [-0.4, -0.2) is 47.2 Å². The second-order valence-electron chi connectivity index (χ2n) is 5.01. The normalized spacial score (nSPS) is 12.4. The Bertz CT molecular complexity index is 437. The summed E-state index contributed by atoms with van der Waals surface area (Å²) < 4.78 is 6.86. The number of amides is 1. The molecule has 1 atom stereocenters. The largest absolute Gasteiger partial charge is 0.396 e. The zero-order valence-electron chi connectivity index (χ0n) is 12.8. The molecule has 1 heterocycles. The van der Waals surface area contributed by atoms with Crippen LogP contribution in [-0.2, 0) is 23.0 Å². The van der Waals surface area contributed by atoms with E-state index in [1.807, 2.05) is 25.6 Å². The second kappa shape index (κ2) is 8.01. The van der Waals surface area contributed by atoms with E-state index >= 15 is 0 Å². The third-order valence-corrected chi connectivity index (χ3v) is 3.47. The van der Waals surface area contributed by atoms with Crippen LogP contribution in [0.25, 0.3) is 0 Å². The number of aromatic nitrogens is 2. The van der Waals surface area contributed by atoms with Crippen LogP contribution in [0, 0.1) is 13.8 Å². The zero-order chi connectivity index (χ0) is 15.1. The number of rotatable bonds is 8. The number of aliphatic hydroxyl groups is 1. The van der Waals surface area contributed by atoms with Crippen molar-refractivity contribution in [1.82, 2.24) is 15.1 Å². The first-order chi connectivity index (χ1) is 9.49. The van der Waals surface area contributed by atoms with Crippen molar-refractivity contribution in [1.29, 1.82) is 0 Å². The lowest BCUT2D eigenvalue weighted by molar-refractivity contribution is -0.122. The third kappa shape index (κ3) is 4.61. The molecule has 6 heteroatoms. The van der Waals surface area contributed by atoms with Crippen LogP contribution in [0.15, 0.2) is 0 Å². The molecule has 114 valence electrons. The fourth-order valence-electron chi connectivity index (χ4n) is 2.27. The first-order valence-corrected chi connectivity index (χ1v) is 6.87. The summed E-state index contributed by atoms with van der Waals surface area (Å²) in [6.07, 6.45) is 1.60. The highest BCUT2D eigenvalue weighted by atomic mass is 16.5. The lowest BCUT2D eigenvalue weighted by Crippen LogP contribution is -2.38. The Morgan fingerprint density at radius 3 is 2.70 bits per heavy atom. The Hall–Kier alpha value is -1.40. The fourth-order valence-corrected chi connectivity index (χ4v) is 2.27. The maximum absolute atomic E-state index is 11.9. The quantitative estimate of drug-likeness (QED) is 0.728. The Kier molecular flexibility index (Phi) is 6.67. The van der Waals surface area contributed by atoms with E-state index in [1.165, 1.54) is 0 Å². The molecule has 0 aliphatic rings. The number of nitrogens with one attached hydrogen (secondary N) is 1. The maximum atomic E-state index is 11.9. The van der Waals surface area contributed by atoms with Crippen LogP contribution in [0.2, 0.25) is 0 Å². The summed E-state index contributed by atoms with van der Waals surface area (Å²) in [5, 5.41) is 16.2. The lowest BCUT2D eigenvalue weighted by Gasteiger charge is -2.16. The number of ether oxygens (including phenoxy) is 1. The van der Waals surface area contributed by atoms with Gasteiger partial charge in [-0.25, -0.2) is 0 Å². The average molecular weight is 283 g/mol. The molecule has 6 nitrogen and oxygen atoms in total. The van der Waals surface area contributed by atoms with Gasteiger partial charge < -0.3 is 15.2 Å². The highest BCUT2D eigenvalue weighted by Gasteiger charge is 2.14. The van der Waals surface area contributed by atoms with Crippen molar-refractivity contribution in [2.45, 2.75) is 39.2 Å². The van der Waals surface area contributed by atoms with Gasteiger partial charge in [0.05, 0.1) is 18.3 Å². The van der Waals surface area contributed by atoms with E-state index in [2.05, 4.69) is 10.4 Å². The number of aryl methyl sites for hydroxylation is 2. The molecule has 0 spiro atoms. The molecule has 0 saturated carbocycles. The monoisotopic (exact) mass is 283 g/mol. The fraction of sp³-hybridized carbons (Fsp3) is 0.714. The molecule has 0 aliphatic heterocycles. The van der Waals surface area contributed by atoms with E-state index in [1.54, 1.807) is 7.11 Å². The Morgan fingerprint density at radius 1 is 1.50 bits per heavy atom. The summed E-state index contributed by atoms with van der Waals surface area (Å²) in [4.78, 5) is 11.9. The Morgan fingerprint density at radius 2 is 2.20 bits per heavy atom. The molecule has 20 heavy (non-hydrogen) atoms. The molecule has 1 aromatic heterocycles. The van der Waals surface area contributed by atoms with Crippen LogP contribution in [0.4, 0.5) is 0 Å². The van der Waals surface area contributed by atoms with Gasteiger partial charge in [-0.15, -0.1) is 0 Å². The van der Waals surface area contributed by atoms with Crippen LogP contribution in [0.1, 0.15) is 29.8 Å². The molecular formula is C14H25N3O3. The smallest absolute Gasteiger partial charge is 0.220 e. The molecule has 2 N–H and O–H groups in total. The SMILES string of the molecule is COCC(CCO)NC(=O)CCc1c(C)nn(C)c1C. The number of nitrogens with zero attached hydrogens (tertiary/aromatic N) is 2. The first-order valence-electron chi connectivity index (χ1n) is 6.87. The number of aliphatic hydroxyl groups excluding tert-OH is 1. The number of carbonyl (C=O) groups is 1. The maximum Gasteiger partial charge on any atom is 0.220 e. The molecule has 1 aromatic rings. The Balaban J connectivity index is 2.50. The van der Waals surface area contributed by atoms with Gasteiger partial charge in [0.2, 0.25) is 5.91 Å². The zero-order valence-corrected chi connectivity index (χ0v) is 12.8. The summed E-state index contributed by atoms with van der Waals surface area (Å²) in [5.41, 5.74) is 3.20. The molecule has 0 saturated heterocycles. The molecule has 0 aromatic carbocycles. The second-order valence-corrected chi connectivity index (χ2v) is 5.01. The summed E-state index contributed by atoms with van der Waals surface area (Å²) in [6, 6.07) is -0.131. The van der Waals surface area contributed by atoms with Gasteiger partial charge in [-0.3, -0.25) is 9.48 Å². The van der Waals surface area contributed by atoms with E-state index in [0.717, 1.165) is 17.0 Å². The number of carbonyl (C=O) groups excluding carboxylic acids is 1. The summed E-state index contributed by atoms with van der Waals surface area (Å²) in [5.74, 6) is -0.0249. The van der Waals surface area contributed by atoms with E-state index in [9.17, 15) is 4.79 Å². The minimum Gasteiger partial charge on any atom is -0.396 e. The van der Waals surface area contributed by atoms with Crippen LogP contribution < -0.4 is 5.32 Å². The predicted molar refractivity (Wildman–Crippen MR) is 76.5 cm³/mol. The van der Waals surface area contributed by atoms with Crippen molar-refractivity contribution in [3.05, 3.63) is 17.0 Å². The summed E-state index contributed by atoms with van der Waals surface area (Å²) in [7, 11) is 3.49. The van der Waals surface area contributed by atoms with E-state index in [-0.39, 0.29) is 18.6 Å². The number of methoxy groups -OCH3 is 1. The topological polar surface area (TPSA) is 76.4 Å². The lowest BCUT2D eigenvalue weighted by atomic mass is 10.1. The minimum atomic E-state index is -0.131. The molecule has 0 aliphatic carbocycles.